The molecular formula is C18H19NO3S. The Morgan fingerprint density at radius 1 is 1.09 bits per heavy atom. The number of amides is 1. The Morgan fingerprint density at radius 2 is 1.78 bits per heavy atom. The van der Waals surface area contributed by atoms with Crippen LogP contribution >= 0.6 is 11.8 Å². The molecule has 0 radical (unpaired) electrons. The van der Waals surface area contributed by atoms with Crippen molar-refractivity contribution in [3.8, 4) is 5.75 Å². The molecule has 23 heavy (non-hydrogen) atoms. The zero-order valence-corrected chi connectivity index (χ0v) is 14.2. The van der Waals surface area contributed by atoms with Crippen molar-refractivity contribution in [3.63, 3.8) is 0 Å². The molecule has 0 aliphatic carbocycles. The molecule has 0 bridgehead atoms. The Hall–Kier alpha value is -2.27. The van der Waals surface area contributed by atoms with Gasteiger partial charge in [-0.15, -0.1) is 11.8 Å². The van der Waals surface area contributed by atoms with E-state index in [1.165, 1.54) is 18.7 Å². The summed E-state index contributed by atoms with van der Waals surface area (Å²) in [6.07, 6.45) is 0. The topological polar surface area (TPSA) is 55.4 Å². The van der Waals surface area contributed by atoms with Crippen LogP contribution in [-0.2, 0) is 9.59 Å². The number of thioether (sulfide) groups is 1. The van der Waals surface area contributed by atoms with E-state index >= 15 is 0 Å². The van der Waals surface area contributed by atoms with Crippen molar-refractivity contribution < 1.29 is 14.3 Å². The molecule has 2 aromatic carbocycles. The van der Waals surface area contributed by atoms with Crippen LogP contribution in [0.2, 0.25) is 0 Å². The number of aryl methyl sites for hydroxylation is 2. The van der Waals surface area contributed by atoms with E-state index in [4.69, 9.17) is 4.74 Å². The van der Waals surface area contributed by atoms with Gasteiger partial charge < -0.3 is 10.1 Å². The standard InChI is InChI=1S/C18H19NO3S/c1-12-4-9-17(13(2)10-12)22-18(21)11-23-16-7-5-15(6-8-16)19-14(3)20/h4-10H,11H2,1-3H3,(H,19,20). The number of nitrogens with one attached hydrogen (secondary N) is 1. The van der Waals surface area contributed by atoms with Gasteiger partial charge in [0.2, 0.25) is 5.91 Å². The molecule has 0 unspecified atom stereocenters. The van der Waals surface area contributed by atoms with Gasteiger partial charge in [-0.05, 0) is 49.7 Å². The fraction of sp³-hybridized carbons (Fsp3) is 0.222. The van der Waals surface area contributed by atoms with Gasteiger partial charge in [-0.25, -0.2) is 0 Å². The van der Waals surface area contributed by atoms with Crippen molar-refractivity contribution >= 4 is 29.3 Å². The highest BCUT2D eigenvalue weighted by atomic mass is 32.2. The SMILES string of the molecule is CC(=O)Nc1ccc(SCC(=O)Oc2ccc(C)cc2C)cc1. The van der Waals surface area contributed by atoms with E-state index in [1.807, 2.05) is 44.2 Å². The van der Waals surface area contributed by atoms with Gasteiger partial charge in [-0.3, -0.25) is 9.59 Å². The molecule has 2 rings (SSSR count). The molecule has 0 spiro atoms. The minimum atomic E-state index is -0.284. The molecule has 120 valence electrons. The van der Waals surface area contributed by atoms with E-state index in [2.05, 4.69) is 5.32 Å². The number of hydrogen-bond donors (Lipinski definition) is 1. The van der Waals surface area contributed by atoms with Crippen LogP contribution in [0.25, 0.3) is 0 Å². The lowest BCUT2D eigenvalue weighted by Crippen LogP contribution is -2.11. The summed E-state index contributed by atoms with van der Waals surface area (Å²) in [4.78, 5) is 23.8. The molecule has 0 atom stereocenters. The number of carbonyl (C=O) groups excluding carboxylic acids is 2. The molecule has 0 saturated heterocycles. The Kier molecular flexibility index (Phi) is 5.82. The first kappa shape index (κ1) is 17.1. The summed E-state index contributed by atoms with van der Waals surface area (Å²) < 4.78 is 5.38. The molecule has 0 saturated carbocycles. The lowest BCUT2D eigenvalue weighted by atomic mass is 10.1. The predicted molar refractivity (Wildman–Crippen MR) is 93.0 cm³/mol. The summed E-state index contributed by atoms with van der Waals surface area (Å²) in [5.41, 5.74) is 2.82. The summed E-state index contributed by atoms with van der Waals surface area (Å²) in [5.74, 6) is 0.435. The fourth-order valence-corrected chi connectivity index (χ4v) is 2.72. The highest BCUT2D eigenvalue weighted by molar-refractivity contribution is 8.00. The molecule has 5 heteroatoms. The lowest BCUT2D eigenvalue weighted by Gasteiger charge is -2.08. The molecule has 0 aliphatic rings. The Bertz CT molecular complexity index is 711. The summed E-state index contributed by atoms with van der Waals surface area (Å²) in [6, 6.07) is 13.1. The Balaban J connectivity index is 1.87. The van der Waals surface area contributed by atoms with Gasteiger partial charge in [0.25, 0.3) is 0 Å². The van der Waals surface area contributed by atoms with Gasteiger partial charge in [0.05, 0.1) is 5.75 Å². The Morgan fingerprint density at radius 3 is 2.39 bits per heavy atom. The number of hydrogen-bond acceptors (Lipinski definition) is 4. The largest absolute Gasteiger partial charge is 0.426 e. The van der Waals surface area contributed by atoms with Gasteiger partial charge in [0, 0.05) is 17.5 Å². The maximum Gasteiger partial charge on any atom is 0.321 e. The molecule has 0 fully saturated rings. The molecule has 0 aromatic heterocycles. The maximum atomic E-state index is 11.9. The van der Waals surface area contributed by atoms with E-state index in [9.17, 15) is 9.59 Å². The lowest BCUT2D eigenvalue weighted by molar-refractivity contribution is -0.131. The van der Waals surface area contributed by atoms with Crippen molar-refractivity contribution in [3.05, 3.63) is 53.6 Å². The van der Waals surface area contributed by atoms with E-state index < -0.39 is 0 Å². The van der Waals surface area contributed by atoms with Crippen LogP contribution in [0.3, 0.4) is 0 Å². The molecule has 1 N–H and O–H groups in total. The number of ether oxygens (including phenoxy) is 1. The predicted octanol–water partition coefficient (Wildman–Crippen LogP) is 3.96. The van der Waals surface area contributed by atoms with Gasteiger partial charge in [0.15, 0.2) is 0 Å². The third-order valence-electron chi connectivity index (χ3n) is 3.09. The number of esters is 1. The normalized spacial score (nSPS) is 10.2. The molecule has 0 heterocycles. The average Bonchev–Trinajstić information content (AvgIpc) is 2.49. The maximum absolute atomic E-state index is 11.9. The number of benzene rings is 2. The minimum Gasteiger partial charge on any atom is -0.426 e. The van der Waals surface area contributed by atoms with Gasteiger partial charge >= 0.3 is 5.97 Å². The first-order valence-corrected chi connectivity index (χ1v) is 8.21. The van der Waals surface area contributed by atoms with Crippen LogP contribution in [0, 0.1) is 13.8 Å². The van der Waals surface area contributed by atoms with Crippen molar-refractivity contribution in [1.82, 2.24) is 0 Å². The number of anilines is 1. The van der Waals surface area contributed by atoms with Crippen LogP contribution < -0.4 is 10.1 Å². The third-order valence-corrected chi connectivity index (χ3v) is 4.07. The molecule has 0 aliphatic heterocycles. The first-order chi connectivity index (χ1) is 10.9. The van der Waals surface area contributed by atoms with Crippen molar-refractivity contribution in [1.29, 1.82) is 0 Å². The van der Waals surface area contributed by atoms with E-state index in [0.29, 0.717) is 5.75 Å². The van der Waals surface area contributed by atoms with Gasteiger partial charge in [0.1, 0.15) is 5.75 Å². The first-order valence-electron chi connectivity index (χ1n) is 7.22. The van der Waals surface area contributed by atoms with Crippen LogP contribution in [0.15, 0.2) is 47.4 Å². The Labute approximate surface area is 140 Å². The summed E-state index contributed by atoms with van der Waals surface area (Å²) in [6.45, 7) is 5.38. The van der Waals surface area contributed by atoms with Gasteiger partial charge in [-0.2, -0.15) is 0 Å². The van der Waals surface area contributed by atoms with E-state index in [0.717, 1.165) is 21.7 Å². The van der Waals surface area contributed by atoms with E-state index in [-0.39, 0.29) is 17.6 Å². The fourth-order valence-electron chi connectivity index (χ4n) is 2.05. The van der Waals surface area contributed by atoms with Crippen molar-refractivity contribution in [2.75, 3.05) is 11.1 Å². The van der Waals surface area contributed by atoms with E-state index in [1.54, 1.807) is 12.1 Å². The molecule has 1 amide bonds. The smallest absolute Gasteiger partial charge is 0.321 e. The monoisotopic (exact) mass is 329 g/mol. The third kappa shape index (κ3) is 5.45. The average molecular weight is 329 g/mol. The molecular weight excluding hydrogens is 310 g/mol. The molecule has 4 nitrogen and oxygen atoms in total. The summed E-state index contributed by atoms with van der Waals surface area (Å²) in [7, 11) is 0. The van der Waals surface area contributed by atoms with Crippen molar-refractivity contribution in [2.45, 2.75) is 25.7 Å². The second kappa shape index (κ2) is 7.83. The second-order valence-electron chi connectivity index (χ2n) is 5.24. The number of carbonyl (C=O) groups is 2. The van der Waals surface area contributed by atoms with Crippen molar-refractivity contribution in [2.24, 2.45) is 0 Å². The second-order valence-corrected chi connectivity index (χ2v) is 6.29. The zero-order valence-electron chi connectivity index (χ0n) is 13.4. The zero-order chi connectivity index (χ0) is 16.8. The van der Waals surface area contributed by atoms with Gasteiger partial charge in [-0.1, -0.05) is 17.7 Å². The summed E-state index contributed by atoms with van der Waals surface area (Å²) >= 11 is 1.40. The highest BCUT2D eigenvalue weighted by Gasteiger charge is 2.08. The molecule has 2 aromatic rings. The van der Waals surface area contributed by atoms with Crippen LogP contribution in [-0.4, -0.2) is 17.6 Å². The highest BCUT2D eigenvalue weighted by Crippen LogP contribution is 2.22. The van der Waals surface area contributed by atoms with Crippen LogP contribution in [0.1, 0.15) is 18.1 Å². The summed E-state index contributed by atoms with van der Waals surface area (Å²) in [5, 5.41) is 2.70. The quantitative estimate of drug-likeness (QED) is 0.512. The van der Waals surface area contributed by atoms with Crippen LogP contribution in [0.5, 0.6) is 5.75 Å². The minimum absolute atomic E-state index is 0.109. The van der Waals surface area contributed by atoms with Crippen LogP contribution in [0.4, 0.5) is 5.69 Å². The number of rotatable bonds is 5.